The SMILES string of the molecule is CC(C)Cc1ccc(S(=O)(=O)N(C)C2CNC2)cc1.Cl. The van der Waals surface area contributed by atoms with Gasteiger partial charge in [-0.3, -0.25) is 0 Å². The van der Waals surface area contributed by atoms with Crippen LogP contribution in [0.15, 0.2) is 29.2 Å². The predicted molar refractivity (Wildman–Crippen MR) is 83.8 cm³/mol. The van der Waals surface area contributed by atoms with Crippen LogP contribution in [-0.2, 0) is 16.4 Å². The molecule has 0 radical (unpaired) electrons. The van der Waals surface area contributed by atoms with Gasteiger partial charge < -0.3 is 5.32 Å². The highest BCUT2D eigenvalue weighted by molar-refractivity contribution is 7.89. The molecular weight excluding hydrogens is 296 g/mol. The Bertz CT molecular complexity index is 525. The van der Waals surface area contributed by atoms with Crippen LogP contribution in [0.25, 0.3) is 0 Å². The third-order valence-electron chi connectivity index (χ3n) is 3.52. The standard InChI is InChI=1S/C14H22N2O2S.ClH/c1-11(2)8-12-4-6-14(7-5-12)19(17,18)16(3)13-9-15-10-13;/h4-7,11,13,15H,8-10H2,1-3H3;1H. The second-order valence-corrected chi connectivity index (χ2v) is 7.57. The third kappa shape index (κ3) is 3.73. The van der Waals surface area contributed by atoms with E-state index >= 15 is 0 Å². The Hall–Kier alpha value is -0.620. The van der Waals surface area contributed by atoms with Gasteiger partial charge in [0.2, 0.25) is 10.0 Å². The number of hydrogen-bond acceptors (Lipinski definition) is 3. The topological polar surface area (TPSA) is 49.4 Å². The van der Waals surface area contributed by atoms with E-state index in [1.54, 1.807) is 19.2 Å². The van der Waals surface area contributed by atoms with Crippen molar-refractivity contribution in [2.45, 2.75) is 31.2 Å². The fourth-order valence-corrected chi connectivity index (χ4v) is 3.52. The fraction of sp³-hybridized carbons (Fsp3) is 0.571. The minimum Gasteiger partial charge on any atom is -0.313 e. The van der Waals surface area contributed by atoms with Gasteiger partial charge in [0, 0.05) is 26.2 Å². The molecule has 20 heavy (non-hydrogen) atoms. The average Bonchev–Trinajstić information content (AvgIpc) is 2.26. The van der Waals surface area contributed by atoms with Crippen LogP contribution < -0.4 is 5.32 Å². The largest absolute Gasteiger partial charge is 0.313 e. The molecule has 6 heteroatoms. The van der Waals surface area contributed by atoms with Crippen molar-refractivity contribution < 1.29 is 8.42 Å². The zero-order chi connectivity index (χ0) is 14.0. The van der Waals surface area contributed by atoms with E-state index in [1.165, 1.54) is 9.87 Å². The normalized spacial score (nSPS) is 16.1. The first kappa shape index (κ1) is 17.4. The highest BCUT2D eigenvalue weighted by Gasteiger charge is 2.31. The molecule has 4 nitrogen and oxygen atoms in total. The monoisotopic (exact) mass is 318 g/mol. The average molecular weight is 319 g/mol. The van der Waals surface area contributed by atoms with Crippen molar-refractivity contribution in [3.8, 4) is 0 Å². The van der Waals surface area contributed by atoms with Gasteiger partial charge in [0.15, 0.2) is 0 Å². The first-order valence-corrected chi connectivity index (χ1v) is 8.13. The van der Waals surface area contributed by atoms with Crippen molar-refractivity contribution in [2.75, 3.05) is 20.1 Å². The highest BCUT2D eigenvalue weighted by Crippen LogP contribution is 2.19. The highest BCUT2D eigenvalue weighted by atomic mass is 35.5. The molecule has 0 unspecified atom stereocenters. The van der Waals surface area contributed by atoms with Crippen LogP contribution in [0, 0.1) is 5.92 Å². The van der Waals surface area contributed by atoms with Gasteiger partial charge in [-0.15, -0.1) is 12.4 Å². The number of rotatable bonds is 5. The van der Waals surface area contributed by atoms with Crippen molar-refractivity contribution in [1.82, 2.24) is 9.62 Å². The van der Waals surface area contributed by atoms with E-state index in [-0.39, 0.29) is 18.4 Å². The molecule has 1 aliphatic rings. The molecule has 0 saturated carbocycles. The van der Waals surface area contributed by atoms with Crippen molar-refractivity contribution in [3.05, 3.63) is 29.8 Å². The Morgan fingerprint density at radius 3 is 2.20 bits per heavy atom. The van der Waals surface area contributed by atoms with E-state index in [1.807, 2.05) is 12.1 Å². The van der Waals surface area contributed by atoms with E-state index < -0.39 is 10.0 Å². The van der Waals surface area contributed by atoms with E-state index in [9.17, 15) is 8.42 Å². The maximum absolute atomic E-state index is 12.4. The molecule has 0 bridgehead atoms. The van der Waals surface area contributed by atoms with Crippen LogP contribution in [0.5, 0.6) is 0 Å². The molecule has 1 aromatic carbocycles. The lowest BCUT2D eigenvalue weighted by atomic mass is 10.0. The van der Waals surface area contributed by atoms with Gasteiger partial charge in [0.1, 0.15) is 0 Å². The van der Waals surface area contributed by atoms with Gasteiger partial charge in [-0.2, -0.15) is 4.31 Å². The number of likely N-dealkylation sites (N-methyl/N-ethyl adjacent to an activating group) is 1. The molecule has 0 amide bonds. The Kier molecular flexibility index (Phi) is 6.01. The van der Waals surface area contributed by atoms with Gasteiger partial charge in [-0.1, -0.05) is 26.0 Å². The Morgan fingerprint density at radius 2 is 1.80 bits per heavy atom. The van der Waals surface area contributed by atoms with Gasteiger partial charge >= 0.3 is 0 Å². The summed E-state index contributed by atoms with van der Waals surface area (Å²) in [4.78, 5) is 0.384. The number of sulfonamides is 1. The molecule has 1 aliphatic heterocycles. The molecule has 1 fully saturated rings. The quantitative estimate of drug-likeness (QED) is 0.902. The lowest BCUT2D eigenvalue weighted by Crippen LogP contribution is -2.57. The molecule has 0 aliphatic carbocycles. The van der Waals surface area contributed by atoms with Crippen LogP contribution in [-0.4, -0.2) is 38.9 Å². The Balaban J connectivity index is 0.00000200. The summed E-state index contributed by atoms with van der Waals surface area (Å²) in [6.45, 7) is 5.78. The number of hydrogen-bond donors (Lipinski definition) is 1. The van der Waals surface area contributed by atoms with Crippen molar-refractivity contribution in [2.24, 2.45) is 5.92 Å². The minimum atomic E-state index is -3.35. The number of halogens is 1. The molecule has 0 spiro atoms. The fourth-order valence-electron chi connectivity index (χ4n) is 2.16. The van der Waals surface area contributed by atoms with Crippen molar-refractivity contribution >= 4 is 22.4 Å². The van der Waals surface area contributed by atoms with Crippen molar-refractivity contribution in [1.29, 1.82) is 0 Å². The molecular formula is C14H23ClN2O2S. The lowest BCUT2D eigenvalue weighted by molar-refractivity contribution is 0.274. The summed E-state index contributed by atoms with van der Waals surface area (Å²) in [6, 6.07) is 7.35. The first-order chi connectivity index (χ1) is 8.91. The first-order valence-electron chi connectivity index (χ1n) is 6.69. The van der Waals surface area contributed by atoms with E-state index in [0.717, 1.165) is 19.5 Å². The molecule has 2 rings (SSSR count). The summed E-state index contributed by atoms with van der Waals surface area (Å²) in [5.41, 5.74) is 1.18. The van der Waals surface area contributed by atoms with Crippen LogP contribution >= 0.6 is 12.4 Å². The number of nitrogens with zero attached hydrogens (tertiary/aromatic N) is 1. The molecule has 1 saturated heterocycles. The van der Waals surface area contributed by atoms with E-state index in [2.05, 4.69) is 19.2 Å². The van der Waals surface area contributed by atoms with Gasteiger partial charge in [-0.05, 0) is 30.0 Å². The minimum absolute atomic E-state index is 0. The maximum atomic E-state index is 12.4. The zero-order valence-electron chi connectivity index (χ0n) is 12.2. The van der Waals surface area contributed by atoms with E-state index in [4.69, 9.17) is 0 Å². The lowest BCUT2D eigenvalue weighted by Gasteiger charge is -2.34. The van der Waals surface area contributed by atoms with Crippen LogP contribution in [0.4, 0.5) is 0 Å². The summed E-state index contributed by atoms with van der Waals surface area (Å²) in [5.74, 6) is 0.575. The van der Waals surface area contributed by atoms with Crippen LogP contribution in [0.2, 0.25) is 0 Å². The molecule has 1 aromatic rings. The summed E-state index contributed by atoms with van der Waals surface area (Å²) >= 11 is 0. The summed E-state index contributed by atoms with van der Waals surface area (Å²) in [5, 5.41) is 3.09. The zero-order valence-corrected chi connectivity index (χ0v) is 13.8. The number of benzene rings is 1. The second-order valence-electron chi connectivity index (χ2n) is 5.58. The summed E-state index contributed by atoms with van der Waals surface area (Å²) in [7, 11) is -1.70. The molecule has 114 valence electrons. The smallest absolute Gasteiger partial charge is 0.243 e. The molecule has 1 heterocycles. The predicted octanol–water partition coefficient (Wildman–Crippen LogP) is 1.90. The van der Waals surface area contributed by atoms with Gasteiger partial charge in [0.25, 0.3) is 0 Å². The molecule has 0 atom stereocenters. The summed E-state index contributed by atoms with van der Waals surface area (Å²) < 4.78 is 26.3. The number of nitrogens with one attached hydrogen (secondary N) is 1. The molecule has 1 N–H and O–H groups in total. The van der Waals surface area contributed by atoms with Crippen molar-refractivity contribution in [3.63, 3.8) is 0 Å². The Labute approximate surface area is 128 Å². The van der Waals surface area contributed by atoms with Gasteiger partial charge in [-0.25, -0.2) is 8.42 Å². The van der Waals surface area contributed by atoms with Gasteiger partial charge in [0.05, 0.1) is 4.90 Å². The Morgan fingerprint density at radius 1 is 1.25 bits per heavy atom. The van der Waals surface area contributed by atoms with Crippen LogP contribution in [0.3, 0.4) is 0 Å². The molecule has 0 aromatic heterocycles. The van der Waals surface area contributed by atoms with Crippen LogP contribution in [0.1, 0.15) is 19.4 Å². The summed E-state index contributed by atoms with van der Waals surface area (Å²) in [6.07, 6.45) is 0.975. The third-order valence-corrected chi connectivity index (χ3v) is 5.44. The van der Waals surface area contributed by atoms with E-state index in [0.29, 0.717) is 10.8 Å². The second kappa shape index (κ2) is 6.89. The maximum Gasteiger partial charge on any atom is 0.243 e.